The molecule has 1 fully saturated rings. The van der Waals surface area contributed by atoms with Gasteiger partial charge in [0.1, 0.15) is 4.47 Å². The topological polar surface area (TPSA) is 76.4 Å². The molecular formula is C13H20BrN3O3. The molecule has 1 aliphatic heterocycles. The maximum Gasteiger partial charge on any atom is 0.283 e. The molecule has 6 nitrogen and oxygen atoms in total. The maximum atomic E-state index is 12.1. The van der Waals surface area contributed by atoms with E-state index in [1.54, 1.807) is 6.20 Å². The Balaban J connectivity index is 2.10. The lowest BCUT2D eigenvalue weighted by Gasteiger charge is -2.32. The molecule has 0 aromatic carbocycles. The molecule has 112 valence electrons. The number of aromatic nitrogens is 2. The van der Waals surface area contributed by atoms with Crippen molar-refractivity contribution >= 4 is 21.6 Å². The van der Waals surface area contributed by atoms with Crippen molar-refractivity contribution in [3.8, 4) is 0 Å². The molecule has 0 bridgehead atoms. The minimum atomic E-state index is -0.787. The minimum Gasteiger partial charge on any atom is -0.388 e. The second-order valence-electron chi connectivity index (χ2n) is 5.41. The van der Waals surface area contributed by atoms with E-state index in [0.717, 1.165) is 0 Å². The van der Waals surface area contributed by atoms with Crippen molar-refractivity contribution in [2.45, 2.75) is 38.3 Å². The summed E-state index contributed by atoms with van der Waals surface area (Å²) >= 11 is 3.30. The highest BCUT2D eigenvalue weighted by Gasteiger charge is 2.29. The van der Waals surface area contributed by atoms with Crippen LogP contribution in [0, 0.1) is 0 Å². The molecule has 0 atom stereocenters. The van der Waals surface area contributed by atoms with Crippen LogP contribution in [-0.4, -0.2) is 40.2 Å². The summed E-state index contributed by atoms with van der Waals surface area (Å²) in [5, 5.41) is 17.6. The van der Waals surface area contributed by atoms with Gasteiger partial charge in [-0.3, -0.25) is 4.79 Å². The Morgan fingerprint density at radius 3 is 2.80 bits per heavy atom. The van der Waals surface area contributed by atoms with E-state index in [1.165, 1.54) is 4.68 Å². The molecule has 1 aromatic rings. The van der Waals surface area contributed by atoms with Gasteiger partial charge in [0.15, 0.2) is 0 Å². The van der Waals surface area contributed by atoms with E-state index < -0.39 is 5.60 Å². The second kappa shape index (κ2) is 6.24. The molecule has 0 unspecified atom stereocenters. The molecule has 2 heterocycles. The Morgan fingerprint density at radius 1 is 1.55 bits per heavy atom. The molecule has 7 heteroatoms. The number of halogens is 1. The van der Waals surface area contributed by atoms with Crippen molar-refractivity contribution in [2.24, 2.45) is 0 Å². The van der Waals surface area contributed by atoms with Gasteiger partial charge in [-0.05, 0) is 29.8 Å². The van der Waals surface area contributed by atoms with Crippen molar-refractivity contribution in [1.29, 1.82) is 0 Å². The molecular weight excluding hydrogens is 326 g/mol. The summed E-state index contributed by atoms with van der Waals surface area (Å²) in [6.07, 6.45) is 2.79. The van der Waals surface area contributed by atoms with Crippen molar-refractivity contribution in [1.82, 2.24) is 9.78 Å². The van der Waals surface area contributed by atoms with E-state index in [2.05, 4.69) is 26.3 Å². The Labute approximate surface area is 126 Å². The third-order valence-corrected chi connectivity index (χ3v) is 4.23. The van der Waals surface area contributed by atoms with Crippen molar-refractivity contribution < 1.29 is 9.84 Å². The van der Waals surface area contributed by atoms with Crippen molar-refractivity contribution in [3.05, 3.63) is 21.0 Å². The van der Waals surface area contributed by atoms with Crippen LogP contribution in [0.2, 0.25) is 0 Å². The van der Waals surface area contributed by atoms with Crippen LogP contribution in [0.4, 0.5) is 5.69 Å². The third kappa shape index (κ3) is 3.39. The fourth-order valence-corrected chi connectivity index (χ4v) is 2.55. The van der Waals surface area contributed by atoms with Crippen LogP contribution in [0.25, 0.3) is 0 Å². The lowest BCUT2D eigenvalue weighted by molar-refractivity contribution is -0.0543. The number of aliphatic hydroxyl groups is 1. The summed E-state index contributed by atoms with van der Waals surface area (Å²) in [6, 6.07) is 0.00697. The quantitative estimate of drug-likeness (QED) is 0.865. The smallest absolute Gasteiger partial charge is 0.283 e. The molecule has 1 aliphatic rings. The largest absolute Gasteiger partial charge is 0.388 e. The van der Waals surface area contributed by atoms with Crippen LogP contribution in [0.3, 0.4) is 0 Å². The molecule has 0 aliphatic carbocycles. The number of hydrogen-bond acceptors (Lipinski definition) is 5. The first kappa shape index (κ1) is 15.5. The zero-order valence-corrected chi connectivity index (χ0v) is 13.3. The van der Waals surface area contributed by atoms with Crippen LogP contribution < -0.4 is 10.9 Å². The fraction of sp³-hybridized carbons (Fsp3) is 0.692. The van der Waals surface area contributed by atoms with E-state index in [4.69, 9.17) is 4.74 Å². The van der Waals surface area contributed by atoms with Crippen molar-refractivity contribution in [3.63, 3.8) is 0 Å². The second-order valence-corrected chi connectivity index (χ2v) is 6.20. The van der Waals surface area contributed by atoms with Crippen LogP contribution in [0.5, 0.6) is 0 Å². The van der Waals surface area contributed by atoms with E-state index in [9.17, 15) is 9.90 Å². The summed E-state index contributed by atoms with van der Waals surface area (Å²) in [5.41, 5.74) is -0.360. The van der Waals surface area contributed by atoms with Gasteiger partial charge in [-0.2, -0.15) is 5.10 Å². The molecule has 0 saturated carbocycles. The number of anilines is 1. The maximum absolute atomic E-state index is 12.1. The van der Waals surface area contributed by atoms with Crippen LogP contribution >= 0.6 is 15.9 Å². The minimum absolute atomic E-state index is 0.00697. The molecule has 1 aromatic heterocycles. The zero-order chi connectivity index (χ0) is 14.8. The SMILES string of the molecule is CC(C)n1ncc(NCC2(O)CCOCC2)c(Br)c1=O. The van der Waals surface area contributed by atoms with Gasteiger partial charge in [0, 0.05) is 32.6 Å². The fourth-order valence-electron chi connectivity index (χ4n) is 2.12. The Bertz CT molecular complexity index is 524. The van der Waals surface area contributed by atoms with E-state index in [1.807, 2.05) is 13.8 Å². The number of hydrogen-bond donors (Lipinski definition) is 2. The van der Waals surface area contributed by atoms with E-state index in [-0.39, 0.29) is 11.6 Å². The van der Waals surface area contributed by atoms with Gasteiger partial charge >= 0.3 is 0 Å². The van der Waals surface area contributed by atoms with Gasteiger partial charge < -0.3 is 15.2 Å². The normalized spacial score (nSPS) is 18.2. The standard InChI is InChI=1S/C13H20BrN3O3/c1-9(2)17-12(18)11(14)10(7-16-17)15-8-13(19)3-5-20-6-4-13/h7,9,15,19H,3-6,8H2,1-2H3. The summed E-state index contributed by atoms with van der Waals surface area (Å²) in [5.74, 6) is 0. The summed E-state index contributed by atoms with van der Waals surface area (Å²) in [6.45, 7) is 5.30. The number of nitrogens with one attached hydrogen (secondary N) is 1. The highest BCUT2D eigenvalue weighted by atomic mass is 79.9. The predicted molar refractivity (Wildman–Crippen MR) is 80.1 cm³/mol. The molecule has 2 rings (SSSR count). The number of ether oxygens (including phenoxy) is 1. The summed E-state index contributed by atoms with van der Waals surface area (Å²) in [4.78, 5) is 12.1. The third-order valence-electron chi connectivity index (χ3n) is 3.46. The monoisotopic (exact) mass is 345 g/mol. The van der Waals surface area contributed by atoms with Gasteiger partial charge in [0.25, 0.3) is 5.56 Å². The highest BCUT2D eigenvalue weighted by molar-refractivity contribution is 9.10. The highest BCUT2D eigenvalue weighted by Crippen LogP contribution is 2.23. The summed E-state index contributed by atoms with van der Waals surface area (Å²) < 4.78 is 7.10. The molecule has 2 N–H and O–H groups in total. The summed E-state index contributed by atoms with van der Waals surface area (Å²) in [7, 11) is 0. The van der Waals surface area contributed by atoms with Gasteiger partial charge in [-0.25, -0.2) is 4.68 Å². The Morgan fingerprint density at radius 2 is 2.20 bits per heavy atom. The first-order chi connectivity index (χ1) is 9.43. The first-order valence-corrected chi connectivity index (χ1v) is 7.53. The first-order valence-electron chi connectivity index (χ1n) is 6.74. The predicted octanol–water partition coefficient (Wildman–Crippen LogP) is 1.54. The lowest BCUT2D eigenvalue weighted by Crippen LogP contribution is -2.42. The van der Waals surface area contributed by atoms with Gasteiger partial charge in [0.2, 0.25) is 0 Å². The molecule has 0 radical (unpaired) electrons. The van der Waals surface area contributed by atoms with Crippen LogP contribution in [-0.2, 0) is 4.74 Å². The zero-order valence-electron chi connectivity index (χ0n) is 11.7. The molecule has 1 saturated heterocycles. The molecule has 20 heavy (non-hydrogen) atoms. The molecule has 0 spiro atoms. The van der Waals surface area contributed by atoms with Gasteiger partial charge in [-0.1, -0.05) is 0 Å². The Hall–Kier alpha value is -0.920. The van der Waals surface area contributed by atoms with Crippen LogP contribution in [0.15, 0.2) is 15.5 Å². The van der Waals surface area contributed by atoms with Gasteiger partial charge in [0.05, 0.1) is 23.5 Å². The van der Waals surface area contributed by atoms with E-state index in [0.29, 0.717) is 42.8 Å². The number of nitrogens with zero attached hydrogens (tertiary/aromatic N) is 2. The van der Waals surface area contributed by atoms with Crippen molar-refractivity contribution in [2.75, 3.05) is 25.1 Å². The van der Waals surface area contributed by atoms with Gasteiger partial charge in [-0.15, -0.1) is 0 Å². The average Bonchev–Trinajstić information content (AvgIpc) is 2.41. The Kier molecular flexibility index (Phi) is 4.82. The average molecular weight is 346 g/mol. The van der Waals surface area contributed by atoms with Crippen LogP contribution in [0.1, 0.15) is 32.7 Å². The van der Waals surface area contributed by atoms with E-state index >= 15 is 0 Å². The number of rotatable bonds is 4. The lowest BCUT2D eigenvalue weighted by atomic mass is 9.94. The molecule has 0 amide bonds.